The van der Waals surface area contributed by atoms with Crippen molar-refractivity contribution in [2.24, 2.45) is 10.5 Å². The van der Waals surface area contributed by atoms with Gasteiger partial charge in [-0.15, -0.1) is 0 Å². The van der Waals surface area contributed by atoms with Gasteiger partial charge in [0.05, 0.1) is 11.3 Å². The Morgan fingerprint density at radius 1 is 1.03 bits per heavy atom. The van der Waals surface area contributed by atoms with Gasteiger partial charge in [-0.2, -0.15) is 5.06 Å². The fourth-order valence-corrected chi connectivity index (χ4v) is 6.60. The third kappa shape index (κ3) is 5.15. The lowest BCUT2D eigenvalue weighted by atomic mass is 9.76. The van der Waals surface area contributed by atoms with Crippen molar-refractivity contribution < 1.29 is 14.6 Å². The number of benzene rings is 1. The van der Waals surface area contributed by atoms with Gasteiger partial charge >= 0.3 is 0 Å². The number of hydrazone groups is 1. The van der Waals surface area contributed by atoms with Gasteiger partial charge in [-0.3, -0.25) is 4.84 Å². The number of rotatable bonds is 5. The van der Waals surface area contributed by atoms with E-state index in [9.17, 15) is 5.11 Å². The predicted octanol–water partition coefficient (Wildman–Crippen LogP) is 5.84. The second-order valence-electron chi connectivity index (χ2n) is 11.4. The highest BCUT2D eigenvalue weighted by Crippen LogP contribution is 2.49. The maximum atomic E-state index is 12.8. The van der Waals surface area contributed by atoms with Gasteiger partial charge in [0.1, 0.15) is 6.61 Å². The summed E-state index contributed by atoms with van der Waals surface area (Å²) < 4.78 is -0.274. The van der Waals surface area contributed by atoms with Gasteiger partial charge in [0, 0.05) is 23.1 Å². The van der Waals surface area contributed by atoms with Crippen LogP contribution in [0.15, 0.2) is 35.4 Å². The number of hydrogen-bond acceptors (Lipinski definition) is 4. The van der Waals surface area contributed by atoms with Crippen molar-refractivity contribution in [1.82, 2.24) is 5.06 Å². The second-order valence-corrected chi connectivity index (χ2v) is 13.7. The molecular formula is C26H36Cl3N3O2. The molecule has 5 nitrogen and oxygen atoms in total. The number of nitrogens with zero attached hydrogens (tertiary/aromatic N) is 3. The maximum Gasteiger partial charge on any atom is 0.224 e. The average molecular weight is 529 g/mol. The van der Waals surface area contributed by atoms with Gasteiger partial charge in [-0.1, -0.05) is 70.5 Å². The van der Waals surface area contributed by atoms with Gasteiger partial charge in [0.25, 0.3) is 0 Å². The molecule has 1 unspecified atom stereocenters. The average Bonchev–Trinajstić information content (AvgIpc) is 3.31. The molecule has 1 saturated carbocycles. The molecule has 1 aliphatic carbocycles. The van der Waals surface area contributed by atoms with Crippen LogP contribution in [0.1, 0.15) is 84.6 Å². The zero-order chi connectivity index (χ0) is 24.8. The minimum absolute atomic E-state index is 0.0559. The van der Waals surface area contributed by atoms with Gasteiger partial charge in [-0.25, -0.2) is 0 Å². The Kier molecular flexibility index (Phi) is 7.37. The van der Waals surface area contributed by atoms with E-state index in [0.717, 1.165) is 56.2 Å². The molecule has 0 N–H and O–H groups in total. The molecule has 2 heterocycles. The van der Waals surface area contributed by atoms with E-state index in [1.165, 1.54) is 6.42 Å². The first kappa shape index (κ1) is 26.2. The number of halogens is 3. The van der Waals surface area contributed by atoms with Crippen LogP contribution < -0.4 is 5.11 Å². The van der Waals surface area contributed by atoms with E-state index in [2.05, 4.69) is 50.0 Å². The van der Waals surface area contributed by atoms with Crippen LogP contribution in [0.4, 0.5) is 0 Å². The van der Waals surface area contributed by atoms with Crippen molar-refractivity contribution in [1.29, 1.82) is 0 Å². The molecule has 0 radical (unpaired) electrons. The standard InChI is InChI=1S/C26H36Cl3N3O2/c1-23(2)13-10-14-24(3,4)32(23)34-18-20-17-25(15-8-9-16-25)21(19-11-6-5-7-12-19)31(20)30-22(33)26(27,28)29/h5-7,11-12,20H,8-10,13-18H2,1-4H3. The highest BCUT2D eigenvalue weighted by Gasteiger charge is 2.56. The quantitative estimate of drug-likeness (QED) is 0.209. The van der Waals surface area contributed by atoms with E-state index in [-0.39, 0.29) is 22.5 Å². The van der Waals surface area contributed by atoms with E-state index >= 15 is 0 Å². The summed E-state index contributed by atoms with van der Waals surface area (Å²) in [5, 5.41) is 19.4. The Morgan fingerprint density at radius 3 is 2.18 bits per heavy atom. The zero-order valence-corrected chi connectivity index (χ0v) is 22.9. The summed E-state index contributed by atoms with van der Waals surface area (Å²) in [6, 6.07) is 10.1. The summed E-state index contributed by atoms with van der Waals surface area (Å²) >= 11 is 17.8. The van der Waals surface area contributed by atoms with Crippen molar-refractivity contribution in [3.63, 3.8) is 0 Å². The Hall–Kier alpha value is -0.850. The number of hydroxylamine groups is 2. The lowest BCUT2D eigenvalue weighted by Crippen LogP contribution is -2.58. The van der Waals surface area contributed by atoms with E-state index in [1.807, 2.05) is 22.9 Å². The van der Waals surface area contributed by atoms with Crippen LogP contribution in [-0.4, -0.2) is 48.9 Å². The Bertz CT molecular complexity index is 932. The first-order valence-corrected chi connectivity index (χ1v) is 13.5. The number of hydrogen-bond donors (Lipinski definition) is 0. The smallest absolute Gasteiger partial charge is 0.224 e. The molecule has 2 fully saturated rings. The van der Waals surface area contributed by atoms with Crippen molar-refractivity contribution in [2.75, 3.05) is 6.61 Å². The molecule has 2 aliphatic heterocycles. The van der Waals surface area contributed by atoms with Crippen LogP contribution in [0.25, 0.3) is 0 Å². The molecule has 0 bridgehead atoms. The van der Waals surface area contributed by atoms with Gasteiger partial charge in [0.15, 0.2) is 0 Å². The molecule has 1 atom stereocenters. The number of piperidine rings is 1. The van der Waals surface area contributed by atoms with Gasteiger partial charge in [-0.05, 0) is 77.0 Å². The molecule has 34 heavy (non-hydrogen) atoms. The molecule has 0 amide bonds. The van der Waals surface area contributed by atoms with Crippen LogP contribution in [0.5, 0.6) is 0 Å². The molecular weight excluding hydrogens is 493 g/mol. The Labute approximate surface area is 218 Å². The molecule has 188 valence electrons. The third-order valence-electron chi connectivity index (χ3n) is 7.83. The molecule has 1 aromatic rings. The zero-order valence-electron chi connectivity index (χ0n) is 20.6. The molecule has 0 aromatic heterocycles. The van der Waals surface area contributed by atoms with Crippen LogP contribution in [0.2, 0.25) is 0 Å². The summed E-state index contributed by atoms with van der Waals surface area (Å²) in [6.07, 6.45) is 8.62. The highest BCUT2D eigenvalue weighted by atomic mass is 35.6. The molecule has 1 spiro atoms. The SMILES string of the molecule is CC1(C)CCCC(C)(C)N1OCC1CC2(CCCC2)C(c2ccccc2)=[N+]1/N=C(/[O-])C(Cl)(Cl)Cl. The largest absolute Gasteiger partial charge is 0.855 e. The van der Waals surface area contributed by atoms with E-state index in [0.29, 0.717) is 6.61 Å². The predicted molar refractivity (Wildman–Crippen MR) is 138 cm³/mol. The monoisotopic (exact) mass is 527 g/mol. The Morgan fingerprint density at radius 2 is 1.62 bits per heavy atom. The van der Waals surface area contributed by atoms with Gasteiger partial charge in [0.2, 0.25) is 15.5 Å². The topological polar surface area (TPSA) is 50.9 Å². The lowest BCUT2D eigenvalue weighted by molar-refractivity contribution is -0.575. The van der Waals surface area contributed by atoms with Crippen LogP contribution in [0.3, 0.4) is 0 Å². The lowest BCUT2D eigenvalue weighted by Gasteiger charge is -2.51. The summed E-state index contributed by atoms with van der Waals surface area (Å²) in [7, 11) is 0. The summed E-state index contributed by atoms with van der Waals surface area (Å²) in [5.41, 5.74) is 1.91. The summed E-state index contributed by atoms with van der Waals surface area (Å²) in [4.78, 5) is 6.59. The Balaban J connectivity index is 1.75. The van der Waals surface area contributed by atoms with Gasteiger partial charge < -0.3 is 5.11 Å². The normalized spacial score (nSPS) is 27.0. The molecule has 8 heteroatoms. The van der Waals surface area contributed by atoms with E-state index in [1.54, 1.807) is 0 Å². The third-order valence-corrected chi connectivity index (χ3v) is 8.31. The first-order chi connectivity index (χ1) is 15.9. The first-order valence-electron chi connectivity index (χ1n) is 12.3. The van der Waals surface area contributed by atoms with Crippen LogP contribution >= 0.6 is 34.8 Å². The molecule has 1 aromatic carbocycles. The molecule has 3 aliphatic rings. The number of alkyl halides is 3. The minimum atomic E-state index is -2.10. The highest BCUT2D eigenvalue weighted by molar-refractivity contribution is 6.75. The molecule has 1 saturated heterocycles. The summed E-state index contributed by atoms with van der Waals surface area (Å²) in [6.45, 7) is 9.35. The van der Waals surface area contributed by atoms with Crippen molar-refractivity contribution in [3.8, 4) is 0 Å². The minimum Gasteiger partial charge on any atom is -0.855 e. The van der Waals surface area contributed by atoms with Crippen LogP contribution in [-0.2, 0) is 4.84 Å². The van der Waals surface area contributed by atoms with Crippen LogP contribution in [0, 0.1) is 5.41 Å². The second kappa shape index (κ2) is 9.55. The fraction of sp³-hybridized carbons (Fsp3) is 0.692. The van der Waals surface area contributed by atoms with Crippen molar-refractivity contribution in [2.45, 2.75) is 100.0 Å². The molecule has 4 rings (SSSR count). The van der Waals surface area contributed by atoms with E-state index in [4.69, 9.17) is 39.6 Å². The maximum absolute atomic E-state index is 12.8. The summed E-state index contributed by atoms with van der Waals surface area (Å²) in [5.74, 6) is -0.774. The van der Waals surface area contributed by atoms with E-state index < -0.39 is 9.69 Å². The van der Waals surface area contributed by atoms with Crippen molar-refractivity contribution >= 4 is 46.4 Å². The fourth-order valence-electron chi connectivity index (χ4n) is 6.49. The van der Waals surface area contributed by atoms with Crippen molar-refractivity contribution in [3.05, 3.63) is 35.9 Å².